The Morgan fingerprint density at radius 3 is 2.82 bits per heavy atom. The summed E-state index contributed by atoms with van der Waals surface area (Å²) < 4.78 is 5.36. The molecular formula is C17H24ClNO2S. The Bertz CT molecular complexity index is 477. The smallest absolute Gasteiger partial charge is 0.232 e. The van der Waals surface area contributed by atoms with Crippen molar-refractivity contribution in [3.63, 3.8) is 0 Å². The SMILES string of the molecule is CN(CCC1CCOCC1)C(=O)CSCc1ccccc1Cl. The standard InChI is InChI=1S/C17H24ClNO2S/c1-19(9-6-14-7-10-21-11-8-14)17(20)13-22-12-15-4-2-3-5-16(15)18/h2-5,14H,6-13H2,1H3. The van der Waals surface area contributed by atoms with Crippen LogP contribution in [0.3, 0.4) is 0 Å². The highest BCUT2D eigenvalue weighted by Gasteiger charge is 2.16. The molecule has 122 valence electrons. The molecule has 1 aliphatic heterocycles. The van der Waals surface area contributed by atoms with Gasteiger partial charge in [0.25, 0.3) is 0 Å². The minimum absolute atomic E-state index is 0.198. The van der Waals surface area contributed by atoms with Crippen molar-refractivity contribution in [1.82, 2.24) is 4.90 Å². The number of amides is 1. The molecule has 1 heterocycles. The first-order chi connectivity index (χ1) is 10.7. The lowest BCUT2D eigenvalue weighted by atomic mass is 9.96. The summed E-state index contributed by atoms with van der Waals surface area (Å²) in [5, 5.41) is 0.773. The van der Waals surface area contributed by atoms with Gasteiger partial charge in [0, 0.05) is 37.6 Å². The highest BCUT2D eigenvalue weighted by molar-refractivity contribution is 7.99. The van der Waals surface area contributed by atoms with Crippen LogP contribution in [0.25, 0.3) is 0 Å². The topological polar surface area (TPSA) is 29.5 Å². The van der Waals surface area contributed by atoms with Crippen molar-refractivity contribution in [2.75, 3.05) is 32.6 Å². The number of benzene rings is 1. The Morgan fingerprint density at radius 1 is 1.36 bits per heavy atom. The first-order valence-corrected chi connectivity index (χ1v) is 9.33. The van der Waals surface area contributed by atoms with Gasteiger partial charge in [-0.1, -0.05) is 29.8 Å². The number of carbonyl (C=O) groups is 1. The third-order valence-electron chi connectivity index (χ3n) is 4.08. The second-order valence-electron chi connectivity index (χ2n) is 5.74. The summed E-state index contributed by atoms with van der Waals surface area (Å²) >= 11 is 7.74. The van der Waals surface area contributed by atoms with Crippen molar-refractivity contribution >= 4 is 29.3 Å². The average molecular weight is 342 g/mol. The number of rotatable bonds is 7. The highest BCUT2D eigenvalue weighted by Crippen LogP contribution is 2.21. The predicted octanol–water partition coefficient (Wildman–Crippen LogP) is 3.85. The molecule has 0 unspecified atom stereocenters. The van der Waals surface area contributed by atoms with Gasteiger partial charge in [0.15, 0.2) is 0 Å². The Hall–Kier alpha value is -0.710. The van der Waals surface area contributed by atoms with Gasteiger partial charge in [0.1, 0.15) is 0 Å². The monoisotopic (exact) mass is 341 g/mol. The van der Waals surface area contributed by atoms with Gasteiger partial charge in [-0.2, -0.15) is 0 Å². The molecule has 5 heteroatoms. The number of hydrogen-bond acceptors (Lipinski definition) is 3. The van der Waals surface area contributed by atoms with Crippen LogP contribution in [0.4, 0.5) is 0 Å². The second kappa shape index (κ2) is 9.43. The summed E-state index contributed by atoms with van der Waals surface area (Å²) in [5.74, 6) is 2.19. The molecule has 1 aromatic carbocycles. The highest BCUT2D eigenvalue weighted by atomic mass is 35.5. The van der Waals surface area contributed by atoms with Crippen molar-refractivity contribution in [2.45, 2.75) is 25.0 Å². The van der Waals surface area contributed by atoms with E-state index < -0.39 is 0 Å². The number of carbonyl (C=O) groups excluding carboxylic acids is 1. The van der Waals surface area contributed by atoms with E-state index in [1.54, 1.807) is 11.8 Å². The molecule has 2 rings (SSSR count). The zero-order valence-electron chi connectivity index (χ0n) is 13.1. The number of hydrogen-bond donors (Lipinski definition) is 0. The lowest BCUT2D eigenvalue weighted by Gasteiger charge is -2.24. The van der Waals surface area contributed by atoms with Crippen LogP contribution in [0.15, 0.2) is 24.3 Å². The van der Waals surface area contributed by atoms with Crippen molar-refractivity contribution < 1.29 is 9.53 Å². The minimum Gasteiger partial charge on any atom is -0.381 e. The van der Waals surface area contributed by atoms with Gasteiger partial charge in [-0.05, 0) is 36.8 Å². The van der Waals surface area contributed by atoms with Crippen LogP contribution < -0.4 is 0 Å². The fraction of sp³-hybridized carbons (Fsp3) is 0.588. The molecule has 22 heavy (non-hydrogen) atoms. The van der Waals surface area contributed by atoms with E-state index in [0.717, 1.165) is 55.4 Å². The van der Waals surface area contributed by atoms with Crippen LogP contribution in [0.5, 0.6) is 0 Å². The van der Waals surface area contributed by atoms with Crippen LogP contribution in [0.1, 0.15) is 24.8 Å². The first kappa shape index (κ1) is 17.6. The predicted molar refractivity (Wildman–Crippen MR) is 93.4 cm³/mol. The number of thioether (sulfide) groups is 1. The van der Waals surface area contributed by atoms with Crippen LogP contribution in [-0.2, 0) is 15.3 Å². The Morgan fingerprint density at radius 2 is 2.09 bits per heavy atom. The third-order valence-corrected chi connectivity index (χ3v) is 5.42. The summed E-state index contributed by atoms with van der Waals surface area (Å²) in [6.07, 6.45) is 3.34. The first-order valence-electron chi connectivity index (χ1n) is 7.79. The van der Waals surface area contributed by atoms with Crippen LogP contribution in [-0.4, -0.2) is 43.4 Å². The van der Waals surface area contributed by atoms with Crippen molar-refractivity contribution in [2.24, 2.45) is 5.92 Å². The molecular weight excluding hydrogens is 318 g/mol. The molecule has 0 saturated carbocycles. The van der Waals surface area contributed by atoms with Gasteiger partial charge in [0.05, 0.1) is 5.75 Å². The van der Waals surface area contributed by atoms with Crippen molar-refractivity contribution in [3.05, 3.63) is 34.9 Å². The van der Waals surface area contributed by atoms with E-state index in [1.807, 2.05) is 36.2 Å². The molecule has 1 fully saturated rings. The molecule has 0 N–H and O–H groups in total. The fourth-order valence-corrected chi connectivity index (χ4v) is 3.76. The summed E-state index contributed by atoms with van der Waals surface area (Å²) in [6, 6.07) is 7.79. The summed E-state index contributed by atoms with van der Waals surface area (Å²) in [4.78, 5) is 14.0. The molecule has 3 nitrogen and oxygen atoms in total. The summed E-state index contributed by atoms with van der Waals surface area (Å²) in [5.41, 5.74) is 1.09. The minimum atomic E-state index is 0.198. The molecule has 0 bridgehead atoms. The lowest BCUT2D eigenvalue weighted by Crippen LogP contribution is -2.31. The van der Waals surface area contributed by atoms with Crippen LogP contribution in [0, 0.1) is 5.92 Å². The molecule has 0 aromatic heterocycles. The largest absolute Gasteiger partial charge is 0.381 e. The Balaban J connectivity index is 1.64. The summed E-state index contributed by atoms with van der Waals surface area (Å²) in [6.45, 7) is 2.59. The molecule has 1 aliphatic rings. The van der Waals surface area contributed by atoms with Crippen molar-refractivity contribution in [1.29, 1.82) is 0 Å². The maximum absolute atomic E-state index is 12.1. The zero-order valence-corrected chi connectivity index (χ0v) is 14.7. The van der Waals surface area contributed by atoms with E-state index in [1.165, 1.54) is 0 Å². The fourth-order valence-electron chi connectivity index (χ4n) is 2.51. The number of halogens is 1. The van der Waals surface area contributed by atoms with E-state index in [4.69, 9.17) is 16.3 Å². The van der Waals surface area contributed by atoms with E-state index in [-0.39, 0.29) is 5.91 Å². The third kappa shape index (κ3) is 5.82. The number of nitrogens with zero attached hydrogens (tertiary/aromatic N) is 1. The van der Waals surface area contributed by atoms with Gasteiger partial charge in [0.2, 0.25) is 5.91 Å². The van der Waals surface area contributed by atoms with Crippen LogP contribution >= 0.6 is 23.4 Å². The molecule has 0 atom stereocenters. The zero-order chi connectivity index (χ0) is 15.8. The van der Waals surface area contributed by atoms with Gasteiger partial charge in [-0.25, -0.2) is 0 Å². The molecule has 0 spiro atoms. The van der Waals surface area contributed by atoms with E-state index in [2.05, 4.69) is 0 Å². The van der Waals surface area contributed by atoms with Gasteiger partial charge < -0.3 is 9.64 Å². The molecule has 0 aliphatic carbocycles. The van der Waals surface area contributed by atoms with E-state index in [9.17, 15) is 4.79 Å². The Labute approximate surface area is 142 Å². The molecule has 1 saturated heterocycles. The maximum atomic E-state index is 12.1. The maximum Gasteiger partial charge on any atom is 0.232 e. The van der Waals surface area contributed by atoms with Gasteiger partial charge >= 0.3 is 0 Å². The average Bonchev–Trinajstić information content (AvgIpc) is 2.55. The van der Waals surface area contributed by atoms with Gasteiger partial charge in [-0.3, -0.25) is 4.79 Å². The lowest BCUT2D eigenvalue weighted by molar-refractivity contribution is -0.127. The van der Waals surface area contributed by atoms with E-state index in [0.29, 0.717) is 11.7 Å². The van der Waals surface area contributed by atoms with Gasteiger partial charge in [-0.15, -0.1) is 11.8 Å². The Kier molecular flexibility index (Phi) is 7.56. The molecule has 1 aromatic rings. The summed E-state index contributed by atoms with van der Waals surface area (Å²) in [7, 11) is 1.90. The molecule has 1 amide bonds. The number of ether oxygens (including phenoxy) is 1. The normalized spacial score (nSPS) is 15.7. The van der Waals surface area contributed by atoms with E-state index >= 15 is 0 Å². The quantitative estimate of drug-likeness (QED) is 0.754. The van der Waals surface area contributed by atoms with Crippen LogP contribution in [0.2, 0.25) is 5.02 Å². The molecule has 0 radical (unpaired) electrons. The second-order valence-corrected chi connectivity index (χ2v) is 7.14. The van der Waals surface area contributed by atoms with Crippen molar-refractivity contribution in [3.8, 4) is 0 Å².